The van der Waals surface area contributed by atoms with Crippen molar-refractivity contribution in [2.75, 3.05) is 51.3 Å². The van der Waals surface area contributed by atoms with E-state index in [1.165, 1.54) is 10.7 Å². The van der Waals surface area contributed by atoms with Crippen LogP contribution in [0.5, 0.6) is 0 Å². The van der Waals surface area contributed by atoms with E-state index in [1.807, 2.05) is 6.92 Å². The van der Waals surface area contributed by atoms with E-state index in [4.69, 9.17) is 4.74 Å². The molecule has 7 nitrogen and oxygen atoms in total. The molecule has 1 N–H and O–H groups in total. The highest BCUT2D eigenvalue weighted by atomic mass is 32.2. The van der Waals surface area contributed by atoms with Crippen LogP contribution in [-0.4, -0.2) is 69.5 Å². The van der Waals surface area contributed by atoms with Gasteiger partial charge in [0.2, 0.25) is 15.9 Å². The molecule has 1 amide bonds. The molecule has 0 unspecified atom stereocenters. The summed E-state index contributed by atoms with van der Waals surface area (Å²) in [5, 5.41) is 2.91. The molecule has 2 fully saturated rings. The van der Waals surface area contributed by atoms with Crippen molar-refractivity contribution < 1.29 is 17.9 Å². The molecule has 3 rings (SSSR count). The first-order valence-corrected chi connectivity index (χ1v) is 11.4. The van der Waals surface area contributed by atoms with Gasteiger partial charge in [0, 0.05) is 31.9 Å². The molecule has 1 aromatic rings. The Morgan fingerprint density at radius 2 is 1.82 bits per heavy atom. The van der Waals surface area contributed by atoms with Crippen LogP contribution in [0.15, 0.2) is 23.1 Å². The maximum Gasteiger partial charge on any atom is 0.243 e. The normalized spacial score (nSPS) is 24.8. The SMILES string of the molecule is Cc1ccc(S(=O)(=O)N2CCOCC2)cc1NC(=O)CN1C[C@H](C)C[C@H](C)C1. The van der Waals surface area contributed by atoms with Gasteiger partial charge in [0.05, 0.1) is 24.7 Å². The van der Waals surface area contributed by atoms with Crippen LogP contribution in [0, 0.1) is 18.8 Å². The summed E-state index contributed by atoms with van der Waals surface area (Å²) in [7, 11) is -3.59. The van der Waals surface area contributed by atoms with E-state index in [2.05, 4.69) is 24.1 Å². The lowest BCUT2D eigenvalue weighted by atomic mass is 9.92. The van der Waals surface area contributed by atoms with Crippen molar-refractivity contribution in [3.05, 3.63) is 23.8 Å². The van der Waals surface area contributed by atoms with Crippen molar-refractivity contribution in [3.8, 4) is 0 Å². The van der Waals surface area contributed by atoms with E-state index in [1.54, 1.807) is 18.2 Å². The Bertz CT molecular complexity index is 796. The van der Waals surface area contributed by atoms with Gasteiger partial charge in [0.1, 0.15) is 0 Å². The average Bonchev–Trinajstić information content (AvgIpc) is 2.63. The summed E-state index contributed by atoms with van der Waals surface area (Å²) in [5.74, 6) is 1.06. The van der Waals surface area contributed by atoms with Crippen LogP contribution in [-0.2, 0) is 19.6 Å². The standard InChI is InChI=1S/C20H31N3O4S/c1-15-10-16(2)13-22(12-15)14-20(24)21-19-11-18(5-4-17(19)3)28(25,26)23-6-8-27-9-7-23/h4-5,11,15-16H,6-10,12-14H2,1-3H3,(H,21,24)/t15-,16+. The summed E-state index contributed by atoms with van der Waals surface area (Å²) in [6.07, 6.45) is 1.19. The Morgan fingerprint density at radius 1 is 1.18 bits per heavy atom. The maximum absolute atomic E-state index is 12.9. The molecule has 156 valence electrons. The molecule has 0 spiro atoms. The van der Waals surface area contributed by atoms with Crippen LogP contribution >= 0.6 is 0 Å². The van der Waals surface area contributed by atoms with Gasteiger partial charge in [-0.25, -0.2) is 8.42 Å². The number of rotatable bonds is 5. The fourth-order valence-electron chi connectivity index (χ4n) is 4.15. The van der Waals surface area contributed by atoms with E-state index >= 15 is 0 Å². The molecule has 0 bridgehead atoms. The van der Waals surface area contributed by atoms with Crippen molar-refractivity contribution in [3.63, 3.8) is 0 Å². The maximum atomic E-state index is 12.9. The van der Waals surface area contributed by atoms with E-state index in [-0.39, 0.29) is 10.8 Å². The van der Waals surface area contributed by atoms with Crippen LogP contribution < -0.4 is 5.32 Å². The number of benzene rings is 1. The summed E-state index contributed by atoms with van der Waals surface area (Å²) in [5.41, 5.74) is 1.40. The second-order valence-corrected chi connectivity index (χ2v) is 10.1. The lowest BCUT2D eigenvalue weighted by Gasteiger charge is -2.34. The summed E-state index contributed by atoms with van der Waals surface area (Å²) in [4.78, 5) is 15.0. The largest absolute Gasteiger partial charge is 0.379 e. The number of likely N-dealkylation sites (tertiary alicyclic amines) is 1. The molecule has 28 heavy (non-hydrogen) atoms. The van der Waals surface area contributed by atoms with Crippen molar-refractivity contribution >= 4 is 21.6 Å². The van der Waals surface area contributed by atoms with Crippen LogP contribution in [0.3, 0.4) is 0 Å². The van der Waals surface area contributed by atoms with Crippen LogP contribution in [0.1, 0.15) is 25.8 Å². The van der Waals surface area contributed by atoms with Gasteiger partial charge in [0.25, 0.3) is 0 Å². The van der Waals surface area contributed by atoms with Gasteiger partial charge in [-0.05, 0) is 42.9 Å². The van der Waals surface area contributed by atoms with Crippen molar-refractivity contribution in [1.29, 1.82) is 0 Å². The van der Waals surface area contributed by atoms with Gasteiger partial charge < -0.3 is 10.1 Å². The number of sulfonamides is 1. The summed E-state index contributed by atoms with van der Waals surface area (Å²) in [6.45, 7) is 9.97. The third kappa shape index (κ3) is 5.11. The molecule has 0 aliphatic carbocycles. The number of hydrogen-bond donors (Lipinski definition) is 1. The molecule has 2 aliphatic heterocycles. The first kappa shape index (κ1) is 21.2. The van der Waals surface area contributed by atoms with Gasteiger partial charge in [-0.1, -0.05) is 19.9 Å². The van der Waals surface area contributed by atoms with Crippen LogP contribution in [0.4, 0.5) is 5.69 Å². The lowest BCUT2D eigenvalue weighted by Crippen LogP contribution is -2.43. The minimum atomic E-state index is -3.59. The molecular formula is C20H31N3O4S. The molecule has 2 aliphatic rings. The Labute approximate surface area is 168 Å². The summed E-state index contributed by atoms with van der Waals surface area (Å²) in [6, 6.07) is 4.91. The predicted octanol–water partition coefficient (Wildman–Crippen LogP) is 1.93. The molecule has 2 saturated heterocycles. The smallest absolute Gasteiger partial charge is 0.243 e. The van der Waals surface area contributed by atoms with E-state index < -0.39 is 10.0 Å². The molecule has 2 atom stereocenters. The molecule has 8 heteroatoms. The van der Waals surface area contributed by atoms with Crippen molar-refractivity contribution in [2.45, 2.75) is 32.1 Å². The van der Waals surface area contributed by atoms with Crippen molar-refractivity contribution in [2.24, 2.45) is 11.8 Å². The van der Waals surface area contributed by atoms with Crippen LogP contribution in [0.25, 0.3) is 0 Å². The third-order valence-electron chi connectivity index (χ3n) is 5.40. The number of morpholine rings is 1. The molecule has 0 radical (unpaired) electrons. The quantitative estimate of drug-likeness (QED) is 0.804. The van der Waals surface area contributed by atoms with E-state index in [9.17, 15) is 13.2 Å². The fraction of sp³-hybridized carbons (Fsp3) is 0.650. The highest BCUT2D eigenvalue weighted by Crippen LogP contribution is 2.24. The van der Waals surface area contributed by atoms with Gasteiger partial charge in [0.15, 0.2) is 0 Å². The second-order valence-electron chi connectivity index (χ2n) is 8.18. The molecular weight excluding hydrogens is 378 g/mol. The number of nitrogens with zero attached hydrogens (tertiary/aromatic N) is 2. The Balaban J connectivity index is 1.70. The number of piperidine rings is 1. The first-order chi connectivity index (χ1) is 13.3. The molecule has 0 saturated carbocycles. The molecule has 2 heterocycles. The number of nitrogens with one attached hydrogen (secondary N) is 1. The highest BCUT2D eigenvalue weighted by molar-refractivity contribution is 7.89. The number of ether oxygens (including phenoxy) is 1. The predicted molar refractivity (Wildman–Crippen MR) is 109 cm³/mol. The second kappa shape index (κ2) is 8.90. The Hall–Kier alpha value is -1.48. The Morgan fingerprint density at radius 3 is 2.46 bits per heavy atom. The zero-order chi connectivity index (χ0) is 20.3. The number of carbonyl (C=O) groups excluding carboxylic acids is 1. The molecule has 0 aromatic heterocycles. The minimum absolute atomic E-state index is 0.106. The fourth-order valence-corrected chi connectivity index (χ4v) is 5.58. The van der Waals surface area contributed by atoms with Crippen LogP contribution in [0.2, 0.25) is 0 Å². The molecule has 1 aromatic carbocycles. The number of aryl methyl sites for hydroxylation is 1. The summed E-state index contributed by atoms with van der Waals surface area (Å²) < 4.78 is 32.4. The van der Waals surface area contributed by atoms with E-state index in [0.717, 1.165) is 18.7 Å². The monoisotopic (exact) mass is 409 g/mol. The lowest BCUT2D eigenvalue weighted by molar-refractivity contribution is -0.117. The Kier molecular flexibility index (Phi) is 6.75. The van der Waals surface area contributed by atoms with Gasteiger partial charge in [-0.2, -0.15) is 4.31 Å². The van der Waals surface area contributed by atoms with Gasteiger partial charge in [-0.3, -0.25) is 9.69 Å². The van der Waals surface area contributed by atoms with Gasteiger partial charge in [-0.15, -0.1) is 0 Å². The van der Waals surface area contributed by atoms with Gasteiger partial charge >= 0.3 is 0 Å². The minimum Gasteiger partial charge on any atom is -0.379 e. The first-order valence-electron chi connectivity index (χ1n) is 9.96. The average molecular weight is 410 g/mol. The zero-order valence-corrected chi connectivity index (χ0v) is 17.8. The number of hydrogen-bond acceptors (Lipinski definition) is 5. The van der Waals surface area contributed by atoms with E-state index in [0.29, 0.717) is 50.4 Å². The number of amides is 1. The third-order valence-corrected chi connectivity index (χ3v) is 7.30. The highest BCUT2D eigenvalue weighted by Gasteiger charge is 2.27. The number of carbonyl (C=O) groups is 1. The topological polar surface area (TPSA) is 79.0 Å². The zero-order valence-electron chi connectivity index (χ0n) is 17.0. The van der Waals surface area contributed by atoms with Crippen molar-refractivity contribution in [1.82, 2.24) is 9.21 Å². The summed E-state index contributed by atoms with van der Waals surface area (Å²) >= 11 is 0. The number of anilines is 1.